The number of rotatable bonds is 11. The molecule has 0 fully saturated rings. The van der Waals surface area contributed by atoms with E-state index < -0.39 is 11.6 Å². The van der Waals surface area contributed by atoms with Gasteiger partial charge in [-0.25, -0.2) is 8.78 Å². The van der Waals surface area contributed by atoms with Gasteiger partial charge in [0.15, 0.2) is 0 Å². The lowest BCUT2D eigenvalue weighted by molar-refractivity contribution is 0.413. The lowest BCUT2D eigenvalue weighted by Gasteiger charge is -2.17. The van der Waals surface area contributed by atoms with Crippen LogP contribution in [0.25, 0.3) is 0 Å². The second-order valence-electron chi connectivity index (χ2n) is 6.15. The summed E-state index contributed by atoms with van der Waals surface area (Å²) in [6, 6.07) is 3.52. The van der Waals surface area contributed by atoms with Gasteiger partial charge in [-0.1, -0.05) is 33.1 Å². The Bertz CT molecular complexity index is 403. The SMILES string of the molecule is CCCCC(CC)CNCC[C@H](N)Cc1cc(F)cc(F)c1. The zero-order valence-corrected chi connectivity index (χ0v) is 13.9. The minimum Gasteiger partial charge on any atom is -0.327 e. The summed E-state index contributed by atoms with van der Waals surface area (Å²) in [6.45, 7) is 6.32. The molecule has 0 aliphatic rings. The van der Waals surface area contributed by atoms with E-state index in [1.807, 2.05) is 0 Å². The van der Waals surface area contributed by atoms with Gasteiger partial charge in [-0.2, -0.15) is 0 Å². The van der Waals surface area contributed by atoms with Crippen LogP contribution >= 0.6 is 0 Å². The first-order valence-electron chi connectivity index (χ1n) is 8.46. The smallest absolute Gasteiger partial charge is 0.126 e. The third-order valence-corrected chi connectivity index (χ3v) is 4.09. The molecule has 0 heterocycles. The molecule has 2 nitrogen and oxygen atoms in total. The van der Waals surface area contributed by atoms with E-state index in [1.165, 1.54) is 37.8 Å². The van der Waals surface area contributed by atoms with E-state index in [-0.39, 0.29) is 6.04 Å². The maximum absolute atomic E-state index is 13.1. The summed E-state index contributed by atoms with van der Waals surface area (Å²) in [5.74, 6) is -0.349. The van der Waals surface area contributed by atoms with E-state index in [9.17, 15) is 8.78 Å². The van der Waals surface area contributed by atoms with Crippen molar-refractivity contribution in [2.24, 2.45) is 11.7 Å². The van der Waals surface area contributed by atoms with Crippen molar-refractivity contribution in [3.8, 4) is 0 Å². The summed E-state index contributed by atoms with van der Waals surface area (Å²) in [5, 5.41) is 3.46. The molecular formula is C18H30F2N2. The minimum absolute atomic E-state index is 0.0792. The first kappa shape index (κ1) is 19.0. The highest BCUT2D eigenvalue weighted by Crippen LogP contribution is 2.12. The molecule has 0 saturated heterocycles. The molecular weight excluding hydrogens is 282 g/mol. The third-order valence-electron chi connectivity index (χ3n) is 4.09. The van der Waals surface area contributed by atoms with Crippen molar-refractivity contribution >= 4 is 0 Å². The maximum atomic E-state index is 13.1. The van der Waals surface area contributed by atoms with Crippen molar-refractivity contribution in [2.75, 3.05) is 13.1 Å². The Balaban J connectivity index is 2.24. The molecule has 0 aromatic heterocycles. The van der Waals surface area contributed by atoms with Crippen LogP contribution in [0.15, 0.2) is 18.2 Å². The van der Waals surface area contributed by atoms with E-state index in [1.54, 1.807) is 0 Å². The van der Waals surface area contributed by atoms with Crippen molar-refractivity contribution in [1.82, 2.24) is 5.32 Å². The van der Waals surface area contributed by atoms with Crippen LogP contribution in [0, 0.1) is 17.6 Å². The summed E-state index contributed by atoms with van der Waals surface area (Å²) in [4.78, 5) is 0. The Hall–Kier alpha value is -1.00. The van der Waals surface area contributed by atoms with Crippen molar-refractivity contribution in [1.29, 1.82) is 0 Å². The zero-order chi connectivity index (χ0) is 16.4. The molecule has 0 saturated carbocycles. The molecule has 1 aromatic carbocycles. The second-order valence-corrected chi connectivity index (χ2v) is 6.15. The molecule has 0 bridgehead atoms. The summed E-state index contributed by atoms with van der Waals surface area (Å²) in [5.41, 5.74) is 6.67. The van der Waals surface area contributed by atoms with E-state index in [4.69, 9.17) is 5.73 Å². The first-order valence-corrected chi connectivity index (χ1v) is 8.46. The fraction of sp³-hybridized carbons (Fsp3) is 0.667. The zero-order valence-electron chi connectivity index (χ0n) is 13.9. The minimum atomic E-state index is -0.540. The van der Waals surface area contributed by atoms with Crippen LogP contribution in [0.4, 0.5) is 8.78 Å². The summed E-state index contributed by atoms with van der Waals surface area (Å²) < 4.78 is 26.2. The Morgan fingerprint density at radius 2 is 1.77 bits per heavy atom. The molecule has 1 rings (SSSR count). The lowest BCUT2D eigenvalue weighted by atomic mass is 9.99. The predicted molar refractivity (Wildman–Crippen MR) is 88.8 cm³/mol. The fourth-order valence-electron chi connectivity index (χ4n) is 2.67. The highest BCUT2D eigenvalue weighted by Gasteiger charge is 2.08. The van der Waals surface area contributed by atoms with Crippen molar-refractivity contribution in [2.45, 2.75) is 58.4 Å². The van der Waals surface area contributed by atoms with E-state index in [0.29, 0.717) is 12.0 Å². The molecule has 0 amide bonds. The maximum Gasteiger partial charge on any atom is 0.126 e. The fourth-order valence-corrected chi connectivity index (χ4v) is 2.67. The first-order chi connectivity index (χ1) is 10.5. The molecule has 1 aromatic rings. The highest BCUT2D eigenvalue weighted by atomic mass is 19.1. The number of halogens is 2. The monoisotopic (exact) mass is 312 g/mol. The normalized spacial score (nSPS) is 14.0. The Morgan fingerprint density at radius 1 is 1.09 bits per heavy atom. The van der Waals surface area contributed by atoms with Crippen LogP contribution in [0.2, 0.25) is 0 Å². The van der Waals surface area contributed by atoms with Crippen molar-refractivity contribution in [3.05, 3.63) is 35.4 Å². The molecule has 22 heavy (non-hydrogen) atoms. The van der Waals surface area contributed by atoms with Gasteiger partial charge in [-0.3, -0.25) is 0 Å². The van der Waals surface area contributed by atoms with Gasteiger partial charge >= 0.3 is 0 Å². The Kier molecular flexibility index (Phi) is 9.25. The van der Waals surface area contributed by atoms with Gasteiger partial charge in [-0.05, 0) is 56.0 Å². The molecule has 0 aliphatic heterocycles. The molecule has 3 N–H and O–H groups in total. The largest absolute Gasteiger partial charge is 0.327 e. The van der Waals surface area contributed by atoms with Crippen molar-refractivity contribution in [3.63, 3.8) is 0 Å². The molecule has 4 heteroatoms. The van der Waals surface area contributed by atoms with Gasteiger partial charge in [0.05, 0.1) is 0 Å². The molecule has 126 valence electrons. The molecule has 0 radical (unpaired) electrons. The van der Waals surface area contributed by atoms with Crippen LogP contribution in [0.1, 0.15) is 51.5 Å². The highest BCUT2D eigenvalue weighted by molar-refractivity contribution is 5.18. The number of unbranched alkanes of at least 4 members (excludes halogenated alkanes) is 1. The average molecular weight is 312 g/mol. The second kappa shape index (κ2) is 10.7. The van der Waals surface area contributed by atoms with Gasteiger partial charge in [0.25, 0.3) is 0 Å². The van der Waals surface area contributed by atoms with Crippen LogP contribution < -0.4 is 11.1 Å². The topological polar surface area (TPSA) is 38.0 Å². The molecule has 0 spiro atoms. The molecule has 2 atom stereocenters. The standard InChI is InChI=1S/C18H30F2N2/c1-3-5-6-14(4-2)13-22-8-7-18(21)11-15-9-16(19)12-17(20)10-15/h9-10,12,14,18,22H,3-8,11,13,21H2,1-2H3/t14?,18-/m0/s1. The number of hydrogen-bond donors (Lipinski definition) is 2. The van der Waals surface area contributed by atoms with Crippen LogP contribution in [0.5, 0.6) is 0 Å². The number of nitrogens with two attached hydrogens (primary N) is 1. The Morgan fingerprint density at radius 3 is 2.36 bits per heavy atom. The van der Waals surface area contributed by atoms with Gasteiger partial charge in [-0.15, -0.1) is 0 Å². The number of benzene rings is 1. The quantitative estimate of drug-likeness (QED) is 0.605. The van der Waals surface area contributed by atoms with Crippen LogP contribution in [-0.4, -0.2) is 19.1 Å². The van der Waals surface area contributed by atoms with Gasteiger partial charge in [0, 0.05) is 12.1 Å². The lowest BCUT2D eigenvalue weighted by Crippen LogP contribution is -2.31. The Labute approximate surface area is 133 Å². The molecule has 0 aliphatic carbocycles. The van der Waals surface area contributed by atoms with E-state index in [0.717, 1.165) is 31.5 Å². The average Bonchev–Trinajstić information content (AvgIpc) is 2.45. The van der Waals surface area contributed by atoms with Gasteiger partial charge in [0.1, 0.15) is 11.6 Å². The van der Waals surface area contributed by atoms with E-state index in [2.05, 4.69) is 19.2 Å². The van der Waals surface area contributed by atoms with Gasteiger partial charge in [0.2, 0.25) is 0 Å². The van der Waals surface area contributed by atoms with E-state index >= 15 is 0 Å². The summed E-state index contributed by atoms with van der Waals surface area (Å²) in [6.07, 6.45) is 6.30. The number of nitrogens with one attached hydrogen (secondary N) is 1. The summed E-state index contributed by atoms with van der Waals surface area (Å²) in [7, 11) is 0. The third kappa shape index (κ3) is 7.85. The van der Waals surface area contributed by atoms with Crippen molar-refractivity contribution < 1.29 is 8.78 Å². The molecule has 1 unspecified atom stereocenters. The summed E-state index contributed by atoms with van der Waals surface area (Å²) >= 11 is 0. The predicted octanol–water partition coefficient (Wildman–Crippen LogP) is 4.03. The van der Waals surface area contributed by atoms with Gasteiger partial charge < -0.3 is 11.1 Å². The van der Waals surface area contributed by atoms with Crippen LogP contribution in [-0.2, 0) is 6.42 Å². The van der Waals surface area contributed by atoms with Crippen LogP contribution in [0.3, 0.4) is 0 Å². The number of hydrogen-bond acceptors (Lipinski definition) is 2.